The number of ether oxygens (including phenoxy) is 1. The first kappa shape index (κ1) is 22.9. The first-order valence-corrected chi connectivity index (χ1v) is 11.9. The topological polar surface area (TPSA) is 97.8 Å². The van der Waals surface area contributed by atoms with Crippen molar-refractivity contribution in [2.45, 2.75) is 18.6 Å². The second-order valence-corrected chi connectivity index (χ2v) is 9.41. The molecule has 7 nitrogen and oxygen atoms in total. The van der Waals surface area contributed by atoms with Crippen LogP contribution in [-0.2, 0) is 14.3 Å². The molecule has 2 aliphatic heterocycles. The fraction of sp³-hybridized carbons (Fsp3) is 0.167. The standard InChI is InChI=1S/C30H21NO6/c1-17(32)19-12-14-20(15-13-19)31-28(35)24-23(16-11-18-7-3-2-4-8-18)37-30(25(24)29(31)36)26(33)21-9-5-6-10-22(21)27(30)34/h2-16,23-25H,1H3/b16-11+. The van der Waals surface area contributed by atoms with Gasteiger partial charge in [-0.3, -0.25) is 24.0 Å². The van der Waals surface area contributed by atoms with E-state index in [1.54, 1.807) is 24.3 Å². The Morgan fingerprint density at radius 2 is 1.41 bits per heavy atom. The van der Waals surface area contributed by atoms with Crippen molar-refractivity contribution in [2.75, 3.05) is 4.90 Å². The summed E-state index contributed by atoms with van der Waals surface area (Å²) >= 11 is 0. The van der Waals surface area contributed by atoms with Crippen LogP contribution in [0.3, 0.4) is 0 Å². The smallest absolute Gasteiger partial charge is 0.241 e. The molecular weight excluding hydrogens is 470 g/mol. The van der Waals surface area contributed by atoms with Crippen LogP contribution in [-0.4, -0.2) is 40.9 Å². The highest BCUT2D eigenvalue weighted by Crippen LogP contribution is 2.53. The van der Waals surface area contributed by atoms with Gasteiger partial charge in [-0.05, 0) is 36.8 Å². The van der Waals surface area contributed by atoms with Gasteiger partial charge < -0.3 is 4.74 Å². The summed E-state index contributed by atoms with van der Waals surface area (Å²) in [4.78, 5) is 67.8. The Bertz CT molecular complexity index is 1490. The molecular formula is C30H21NO6. The maximum absolute atomic E-state index is 13.9. The minimum absolute atomic E-state index is 0.152. The summed E-state index contributed by atoms with van der Waals surface area (Å²) in [6.07, 6.45) is 2.41. The zero-order valence-corrected chi connectivity index (χ0v) is 19.8. The number of carbonyl (C=O) groups excluding carboxylic acids is 5. The highest BCUT2D eigenvalue weighted by atomic mass is 16.5. The summed E-state index contributed by atoms with van der Waals surface area (Å²) in [6, 6.07) is 21.8. The van der Waals surface area contributed by atoms with E-state index in [1.165, 1.54) is 43.3 Å². The molecule has 2 heterocycles. The molecule has 1 aliphatic carbocycles. The molecule has 37 heavy (non-hydrogen) atoms. The van der Waals surface area contributed by atoms with Crippen molar-refractivity contribution in [2.24, 2.45) is 11.8 Å². The normalized spacial score (nSPS) is 23.8. The molecule has 3 unspecified atom stereocenters. The number of Topliss-reactive ketones (excluding diaryl/α,β-unsaturated/α-hetero) is 3. The highest BCUT2D eigenvalue weighted by molar-refractivity contribution is 6.37. The monoisotopic (exact) mass is 491 g/mol. The van der Waals surface area contributed by atoms with Crippen molar-refractivity contribution >= 4 is 40.9 Å². The second kappa shape index (κ2) is 8.28. The van der Waals surface area contributed by atoms with Gasteiger partial charge in [0.1, 0.15) is 0 Å². The number of carbonyl (C=O) groups is 5. The first-order valence-electron chi connectivity index (χ1n) is 11.9. The molecule has 182 valence electrons. The van der Waals surface area contributed by atoms with Crippen LogP contribution in [0.15, 0.2) is 84.9 Å². The fourth-order valence-electron chi connectivity index (χ4n) is 5.61. The molecule has 6 rings (SSSR count). The van der Waals surface area contributed by atoms with Gasteiger partial charge in [0.05, 0.1) is 23.6 Å². The molecule has 0 aromatic heterocycles. The fourth-order valence-corrected chi connectivity index (χ4v) is 5.61. The van der Waals surface area contributed by atoms with Gasteiger partial charge in [0.25, 0.3) is 0 Å². The Balaban J connectivity index is 1.46. The zero-order chi connectivity index (χ0) is 25.9. The van der Waals surface area contributed by atoms with Crippen LogP contribution in [0.5, 0.6) is 0 Å². The van der Waals surface area contributed by atoms with E-state index < -0.39 is 46.9 Å². The third-order valence-electron chi connectivity index (χ3n) is 7.37. The van der Waals surface area contributed by atoms with Crippen LogP contribution in [0.4, 0.5) is 5.69 Å². The number of hydrogen-bond donors (Lipinski definition) is 0. The van der Waals surface area contributed by atoms with Gasteiger partial charge in [-0.2, -0.15) is 0 Å². The number of anilines is 1. The number of ketones is 3. The molecule has 2 amide bonds. The maximum atomic E-state index is 13.9. The second-order valence-electron chi connectivity index (χ2n) is 9.41. The zero-order valence-electron chi connectivity index (χ0n) is 19.8. The average molecular weight is 491 g/mol. The number of benzene rings is 3. The lowest BCUT2D eigenvalue weighted by Gasteiger charge is -2.26. The molecule has 0 bridgehead atoms. The van der Waals surface area contributed by atoms with Gasteiger partial charge in [0.15, 0.2) is 5.78 Å². The van der Waals surface area contributed by atoms with Crippen molar-refractivity contribution in [3.8, 4) is 0 Å². The highest BCUT2D eigenvalue weighted by Gasteiger charge is 2.74. The maximum Gasteiger partial charge on any atom is 0.241 e. The molecule has 0 N–H and O–H groups in total. The third-order valence-corrected chi connectivity index (χ3v) is 7.37. The van der Waals surface area contributed by atoms with Crippen LogP contribution in [0.2, 0.25) is 0 Å². The van der Waals surface area contributed by atoms with Gasteiger partial charge in [-0.1, -0.05) is 66.7 Å². The predicted octanol–water partition coefficient (Wildman–Crippen LogP) is 3.93. The van der Waals surface area contributed by atoms with E-state index in [2.05, 4.69) is 0 Å². The lowest BCUT2D eigenvalue weighted by atomic mass is 9.78. The van der Waals surface area contributed by atoms with Gasteiger partial charge in [-0.25, -0.2) is 4.90 Å². The molecule has 0 saturated carbocycles. The van der Waals surface area contributed by atoms with E-state index in [0.717, 1.165) is 10.5 Å². The Hall–Kier alpha value is -4.49. The minimum atomic E-state index is -2.11. The van der Waals surface area contributed by atoms with Crippen LogP contribution in [0, 0.1) is 11.8 Å². The molecule has 2 saturated heterocycles. The van der Waals surface area contributed by atoms with Crippen LogP contribution < -0.4 is 4.90 Å². The van der Waals surface area contributed by atoms with Gasteiger partial charge >= 0.3 is 0 Å². The molecule has 2 fully saturated rings. The Morgan fingerprint density at radius 1 is 0.811 bits per heavy atom. The van der Waals surface area contributed by atoms with Crippen molar-refractivity contribution in [1.29, 1.82) is 0 Å². The lowest BCUT2D eigenvalue weighted by molar-refractivity contribution is -0.126. The number of nitrogens with zero attached hydrogens (tertiary/aromatic N) is 1. The summed E-state index contributed by atoms with van der Waals surface area (Å²) in [5.41, 5.74) is -0.203. The summed E-state index contributed by atoms with van der Waals surface area (Å²) in [5, 5.41) is 0. The number of amides is 2. The SMILES string of the molecule is CC(=O)c1ccc(N2C(=O)C3C(/C=C/c4ccccc4)OC4(C(=O)c5ccccc5C4=O)C3C2=O)cc1. The van der Waals surface area contributed by atoms with Crippen molar-refractivity contribution in [3.63, 3.8) is 0 Å². The summed E-state index contributed by atoms with van der Waals surface area (Å²) in [5.74, 6) is -4.96. The number of rotatable bonds is 4. The summed E-state index contributed by atoms with van der Waals surface area (Å²) < 4.78 is 6.18. The van der Waals surface area contributed by atoms with E-state index >= 15 is 0 Å². The van der Waals surface area contributed by atoms with Crippen LogP contribution >= 0.6 is 0 Å². The van der Waals surface area contributed by atoms with Crippen LogP contribution in [0.25, 0.3) is 6.08 Å². The van der Waals surface area contributed by atoms with Gasteiger partial charge in [0.2, 0.25) is 29.0 Å². The molecule has 3 aromatic rings. The van der Waals surface area contributed by atoms with Crippen molar-refractivity contribution < 1.29 is 28.7 Å². The Morgan fingerprint density at radius 3 is 2.00 bits per heavy atom. The summed E-state index contributed by atoms with van der Waals surface area (Å²) in [6.45, 7) is 1.42. The van der Waals surface area contributed by atoms with E-state index in [4.69, 9.17) is 4.74 Å². The van der Waals surface area contributed by atoms with Crippen molar-refractivity contribution in [1.82, 2.24) is 0 Å². The molecule has 3 aromatic carbocycles. The van der Waals surface area contributed by atoms with E-state index in [9.17, 15) is 24.0 Å². The molecule has 0 radical (unpaired) electrons. The van der Waals surface area contributed by atoms with Crippen LogP contribution in [0.1, 0.15) is 43.6 Å². The molecule has 7 heteroatoms. The van der Waals surface area contributed by atoms with E-state index in [-0.39, 0.29) is 22.6 Å². The Kier molecular flexibility index (Phi) is 5.14. The molecule has 3 atom stereocenters. The third kappa shape index (κ3) is 3.21. The molecule has 1 spiro atoms. The Labute approximate surface area is 212 Å². The lowest BCUT2D eigenvalue weighted by Crippen LogP contribution is -2.51. The number of imide groups is 1. The van der Waals surface area contributed by atoms with E-state index in [0.29, 0.717) is 5.56 Å². The first-order chi connectivity index (χ1) is 17.8. The summed E-state index contributed by atoms with van der Waals surface area (Å²) in [7, 11) is 0. The average Bonchev–Trinajstić information content (AvgIpc) is 3.47. The predicted molar refractivity (Wildman–Crippen MR) is 134 cm³/mol. The van der Waals surface area contributed by atoms with E-state index in [1.807, 2.05) is 30.3 Å². The van der Waals surface area contributed by atoms with Crippen molar-refractivity contribution in [3.05, 3.63) is 107 Å². The largest absolute Gasteiger partial charge is 0.350 e. The van der Waals surface area contributed by atoms with Gasteiger partial charge in [-0.15, -0.1) is 0 Å². The quantitative estimate of drug-likeness (QED) is 0.312. The number of hydrogen-bond acceptors (Lipinski definition) is 6. The number of fused-ring (bicyclic) bond motifs is 3. The molecule has 3 aliphatic rings. The van der Waals surface area contributed by atoms with Gasteiger partial charge in [0, 0.05) is 16.7 Å². The minimum Gasteiger partial charge on any atom is -0.350 e.